The van der Waals surface area contributed by atoms with Crippen molar-refractivity contribution in [1.82, 2.24) is 10.2 Å². The van der Waals surface area contributed by atoms with Crippen molar-refractivity contribution >= 4 is 17.6 Å². The van der Waals surface area contributed by atoms with Crippen molar-refractivity contribution in [2.75, 3.05) is 26.8 Å². The second-order valence-electron chi connectivity index (χ2n) is 10.3. The largest absolute Gasteiger partial charge is 0.497 e. The van der Waals surface area contributed by atoms with E-state index in [9.17, 15) is 9.59 Å². The van der Waals surface area contributed by atoms with E-state index in [-0.39, 0.29) is 24.4 Å². The Morgan fingerprint density at radius 3 is 2.51 bits per heavy atom. The van der Waals surface area contributed by atoms with E-state index in [0.29, 0.717) is 38.4 Å². The summed E-state index contributed by atoms with van der Waals surface area (Å²) in [6.45, 7) is 7.53. The number of ether oxygens (including phenoxy) is 2. The van der Waals surface area contributed by atoms with Crippen LogP contribution in [0, 0.1) is 6.92 Å². The third kappa shape index (κ3) is 7.09. The molecule has 2 amide bonds. The minimum atomic E-state index is -0.702. The van der Waals surface area contributed by atoms with Gasteiger partial charge in [-0.1, -0.05) is 49.7 Å². The lowest BCUT2D eigenvalue weighted by molar-refractivity contribution is -0.175. The maximum absolute atomic E-state index is 13.8. The molecule has 1 saturated heterocycles. The standard InChI is InChI=1S/C30H39N5O4/c1-5-6-17-39-30(25-10-8-7-9-21(25)2)19-35(20-30)29(37)26(18-23-11-13-24(38-4)14-12-23)32-28(36)16-15-27-31-22(3)33-34-27/h7-14,26-27H,5-6,15-20H2,1-4H3,(H,32,36)/t26-,27?/m1/s1. The molecule has 1 unspecified atom stereocenters. The fourth-order valence-electron chi connectivity index (χ4n) is 5.05. The maximum atomic E-state index is 13.8. The zero-order valence-corrected chi connectivity index (χ0v) is 23.4. The Morgan fingerprint density at radius 1 is 1.13 bits per heavy atom. The first-order valence-electron chi connectivity index (χ1n) is 13.7. The number of likely N-dealkylation sites (tertiary alicyclic amines) is 1. The second kappa shape index (κ2) is 13.0. The van der Waals surface area contributed by atoms with Gasteiger partial charge in [-0.2, -0.15) is 5.11 Å². The molecule has 9 nitrogen and oxygen atoms in total. The summed E-state index contributed by atoms with van der Waals surface area (Å²) in [5.41, 5.74) is 2.66. The van der Waals surface area contributed by atoms with Crippen LogP contribution in [0.3, 0.4) is 0 Å². The van der Waals surface area contributed by atoms with Crippen LogP contribution in [0.4, 0.5) is 0 Å². The third-order valence-electron chi connectivity index (χ3n) is 7.25. The molecule has 2 aromatic carbocycles. The molecule has 4 rings (SSSR count). The number of amides is 2. The van der Waals surface area contributed by atoms with Gasteiger partial charge in [-0.25, -0.2) is 4.99 Å². The number of hydrogen-bond donors (Lipinski definition) is 1. The van der Waals surface area contributed by atoms with E-state index in [1.807, 2.05) is 36.4 Å². The topological polar surface area (TPSA) is 105 Å². The van der Waals surface area contributed by atoms with Crippen molar-refractivity contribution in [3.8, 4) is 5.75 Å². The summed E-state index contributed by atoms with van der Waals surface area (Å²) < 4.78 is 11.7. The monoisotopic (exact) mass is 533 g/mol. The maximum Gasteiger partial charge on any atom is 0.245 e. The number of aryl methyl sites for hydroxylation is 1. The molecule has 1 fully saturated rings. The van der Waals surface area contributed by atoms with Gasteiger partial charge in [-0.3, -0.25) is 9.59 Å². The molecule has 0 aliphatic carbocycles. The van der Waals surface area contributed by atoms with E-state index in [0.717, 1.165) is 35.3 Å². The number of nitrogens with zero attached hydrogens (tertiary/aromatic N) is 4. The van der Waals surface area contributed by atoms with Crippen LogP contribution in [0.1, 0.15) is 56.2 Å². The number of nitrogens with one attached hydrogen (secondary N) is 1. The number of benzene rings is 2. The van der Waals surface area contributed by atoms with Gasteiger partial charge in [0.25, 0.3) is 0 Å². The van der Waals surface area contributed by atoms with Crippen molar-refractivity contribution in [3.63, 3.8) is 0 Å². The molecule has 2 atom stereocenters. The molecule has 0 bridgehead atoms. The minimum absolute atomic E-state index is 0.114. The number of amidine groups is 1. The van der Waals surface area contributed by atoms with Crippen LogP contribution < -0.4 is 10.1 Å². The highest BCUT2D eigenvalue weighted by Gasteiger charge is 2.49. The molecule has 2 heterocycles. The molecule has 9 heteroatoms. The summed E-state index contributed by atoms with van der Waals surface area (Å²) >= 11 is 0. The molecule has 2 aliphatic heterocycles. The third-order valence-corrected chi connectivity index (χ3v) is 7.25. The summed E-state index contributed by atoms with van der Waals surface area (Å²) in [7, 11) is 1.62. The molecule has 2 aromatic rings. The second-order valence-corrected chi connectivity index (χ2v) is 10.3. The number of hydrogen-bond acceptors (Lipinski definition) is 7. The first-order chi connectivity index (χ1) is 18.8. The molecule has 0 spiro atoms. The molecule has 39 heavy (non-hydrogen) atoms. The summed E-state index contributed by atoms with van der Waals surface area (Å²) in [6.07, 6.45) is 2.69. The molecule has 208 valence electrons. The van der Waals surface area contributed by atoms with Gasteiger partial charge in [0, 0.05) is 25.9 Å². The van der Waals surface area contributed by atoms with Crippen LogP contribution in [0.15, 0.2) is 63.8 Å². The Hall–Kier alpha value is -3.59. The number of azo groups is 1. The smallest absolute Gasteiger partial charge is 0.245 e. The van der Waals surface area contributed by atoms with E-state index in [1.165, 1.54) is 0 Å². The van der Waals surface area contributed by atoms with Gasteiger partial charge in [0.1, 0.15) is 23.2 Å². The molecule has 1 N–H and O–H groups in total. The number of carbonyl (C=O) groups excluding carboxylic acids is 2. The van der Waals surface area contributed by atoms with Crippen molar-refractivity contribution in [2.24, 2.45) is 15.2 Å². The Bertz CT molecular complexity index is 1200. The Morgan fingerprint density at radius 2 is 1.87 bits per heavy atom. The predicted octanol–water partition coefficient (Wildman–Crippen LogP) is 4.58. The Labute approximate surface area is 230 Å². The van der Waals surface area contributed by atoms with Crippen molar-refractivity contribution in [1.29, 1.82) is 0 Å². The van der Waals surface area contributed by atoms with Gasteiger partial charge < -0.3 is 19.7 Å². The molecule has 2 aliphatic rings. The summed E-state index contributed by atoms with van der Waals surface area (Å²) in [4.78, 5) is 32.8. The summed E-state index contributed by atoms with van der Waals surface area (Å²) in [5.74, 6) is 1.03. The molecular weight excluding hydrogens is 494 g/mol. The normalized spacial score (nSPS) is 18.3. The van der Waals surface area contributed by atoms with Gasteiger partial charge in [-0.15, -0.1) is 5.11 Å². The number of carbonyl (C=O) groups is 2. The number of unbranched alkanes of at least 4 members (excludes halogenated alkanes) is 1. The Balaban J connectivity index is 1.47. The van der Waals surface area contributed by atoms with E-state index in [4.69, 9.17) is 9.47 Å². The summed E-state index contributed by atoms with van der Waals surface area (Å²) in [5, 5.41) is 11.0. The fourth-order valence-corrected chi connectivity index (χ4v) is 5.05. The Kier molecular flexibility index (Phi) is 9.45. The van der Waals surface area contributed by atoms with E-state index in [2.05, 4.69) is 46.5 Å². The first-order valence-corrected chi connectivity index (χ1v) is 13.7. The summed E-state index contributed by atoms with van der Waals surface area (Å²) in [6, 6.07) is 15.0. The average molecular weight is 534 g/mol. The molecule has 0 saturated carbocycles. The van der Waals surface area contributed by atoms with Crippen LogP contribution in [0.25, 0.3) is 0 Å². The molecule has 0 radical (unpaired) electrons. The lowest BCUT2D eigenvalue weighted by Crippen LogP contribution is -2.66. The highest BCUT2D eigenvalue weighted by Crippen LogP contribution is 2.38. The zero-order chi connectivity index (χ0) is 27.8. The van der Waals surface area contributed by atoms with Gasteiger partial charge in [-0.05, 0) is 49.1 Å². The minimum Gasteiger partial charge on any atom is -0.497 e. The lowest BCUT2D eigenvalue weighted by atomic mass is 9.82. The van der Waals surface area contributed by atoms with Crippen LogP contribution >= 0.6 is 0 Å². The highest BCUT2D eigenvalue weighted by atomic mass is 16.5. The van der Waals surface area contributed by atoms with E-state index in [1.54, 1.807) is 18.9 Å². The lowest BCUT2D eigenvalue weighted by Gasteiger charge is -2.51. The SMILES string of the molecule is CCCCOC1(c2ccccc2C)CN(C(=O)[C@@H](Cc2ccc(OC)cc2)NC(=O)CCC2N=NC(C)=N2)C1. The average Bonchev–Trinajstić information content (AvgIpc) is 3.34. The van der Waals surface area contributed by atoms with Crippen LogP contribution in [-0.2, 0) is 26.3 Å². The van der Waals surface area contributed by atoms with Gasteiger partial charge in [0.05, 0.1) is 20.2 Å². The van der Waals surface area contributed by atoms with Gasteiger partial charge >= 0.3 is 0 Å². The van der Waals surface area contributed by atoms with Crippen molar-refractivity contribution < 1.29 is 19.1 Å². The number of rotatable bonds is 13. The molecular formula is C30H39N5O4. The van der Waals surface area contributed by atoms with Crippen LogP contribution in [-0.4, -0.2) is 61.6 Å². The quantitative estimate of drug-likeness (QED) is 0.381. The van der Waals surface area contributed by atoms with Crippen molar-refractivity contribution in [3.05, 3.63) is 65.2 Å². The first kappa shape index (κ1) is 28.4. The highest BCUT2D eigenvalue weighted by molar-refractivity contribution is 5.88. The number of methoxy groups -OCH3 is 1. The zero-order valence-electron chi connectivity index (χ0n) is 23.4. The fraction of sp³-hybridized carbons (Fsp3) is 0.500. The molecule has 0 aromatic heterocycles. The van der Waals surface area contributed by atoms with E-state index < -0.39 is 11.6 Å². The van der Waals surface area contributed by atoms with Gasteiger partial charge in [0.15, 0.2) is 6.17 Å². The van der Waals surface area contributed by atoms with Crippen LogP contribution in [0.2, 0.25) is 0 Å². The van der Waals surface area contributed by atoms with E-state index >= 15 is 0 Å². The van der Waals surface area contributed by atoms with Crippen LogP contribution in [0.5, 0.6) is 5.75 Å². The van der Waals surface area contributed by atoms with Crippen molar-refractivity contribution in [2.45, 2.75) is 70.7 Å². The predicted molar refractivity (Wildman–Crippen MR) is 150 cm³/mol. The van der Waals surface area contributed by atoms with Gasteiger partial charge in [0.2, 0.25) is 11.8 Å². The number of aliphatic imine (C=N–C) groups is 1.